The van der Waals surface area contributed by atoms with Crippen LogP contribution in [0.2, 0.25) is 0 Å². The molecule has 0 saturated heterocycles. The number of para-hydroxylation sites is 1. The summed E-state index contributed by atoms with van der Waals surface area (Å²) in [5, 5.41) is 5.29. The van der Waals surface area contributed by atoms with E-state index in [1.165, 1.54) is 5.39 Å². The number of unbranched alkanes of at least 4 members (excludes halogenated alkanes) is 1. The molecule has 42 heavy (non-hydrogen) atoms. The molecule has 1 aromatic heterocycles. The Kier molecular flexibility index (Phi) is 8.13. The number of carbonyl (C=O) groups is 1. The standard InChI is InChI=1S/C36H33N3O3/c1-2-3-21-37-36(40)29-16-20-34-33(23-29)38-35(25-41-32-19-15-27-9-7-8-10-28(27)22-32)39(34)24-26-13-17-31(18-14-26)42-30-11-5-4-6-12-30/h4-20,22-23H,2-3,21,24-25H2,1H3,(H,37,40). The lowest BCUT2D eigenvalue weighted by atomic mass is 10.1. The molecule has 1 heterocycles. The minimum atomic E-state index is -0.0807. The van der Waals surface area contributed by atoms with E-state index in [1.807, 2.05) is 84.9 Å². The number of ether oxygens (including phenoxy) is 2. The van der Waals surface area contributed by atoms with Crippen molar-refractivity contribution in [1.82, 2.24) is 14.9 Å². The minimum Gasteiger partial charge on any atom is -0.486 e. The van der Waals surface area contributed by atoms with Gasteiger partial charge in [0.15, 0.2) is 0 Å². The van der Waals surface area contributed by atoms with Crippen LogP contribution < -0.4 is 14.8 Å². The fourth-order valence-electron chi connectivity index (χ4n) is 4.96. The van der Waals surface area contributed by atoms with Crippen molar-refractivity contribution >= 4 is 27.7 Å². The summed E-state index contributed by atoms with van der Waals surface area (Å²) in [4.78, 5) is 17.7. The highest BCUT2D eigenvalue weighted by atomic mass is 16.5. The Labute approximate surface area is 245 Å². The largest absolute Gasteiger partial charge is 0.486 e. The lowest BCUT2D eigenvalue weighted by Crippen LogP contribution is -2.24. The van der Waals surface area contributed by atoms with Crippen molar-refractivity contribution in [2.75, 3.05) is 6.54 Å². The number of aromatic nitrogens is 2. The molecule has 6 rings (SSSR count). The van der Waals surface area contributed by atoms with Crippen LogP contribution in [0.25, 0.3) is 21.8 Å². The van der Waals surface area contributed by atoms with Crippen LogP contribution in [0.5, 0.6) is 17.2 Å². The molecule has 5 aromatic carbocycles. The maximum absolute atomic E-state index is 12.7. The molecule has 0 radical (unpaired) electrons. The van der Waals surface area contributed by atoms with Gasteiger partial charge in [-0.3, -0.25) is 4.79 Å². The second-order valence-electron chi connectivity index (χ2n) is 10.3. The molecule has 6 heteroatoms. The molecule has 0 aliphatic heterocycles. The number of fused-ring (bicyclic) bond motifs is 2. The van der Waals surface area contributed by atoms with E-state index < -0.39 is 0 Å². The first-order valence-electron chi connectivity index (χ1n) is 14.4. The monoisotopic (exact) mass is 555 g/mol. The van der Waals surface area contributed by atoms with Gasteiger partial charge in [0, 0.05) is 18.7 Å². The van der Waals surface area contributed by atoms with E-state index in [0.717, 1.165) is 57.9 Å². The van der Waals surface area contributed by atoms with Crippen molar-refractivity contribution in [3.05, 3.63) is 132 Å². The number of hydrogen-bond acceptors (Lipinski definition) is 4. The first-order valence-corrected chi connectivity index (χ1v) is 14.4. The Morgan fingerprint density at radius 3 is 2.33 bits per heavy atom. The summed E-state index contributed by atoms with van der Waals surface area (Å²) >= 11 is 0. The molecule has 0 aliphatic rings. The zero-order valence-corrected chi connectivity index (χ0v) is 23.6. The van der Waals surface area contributed by atoms with Crippen LogP contribution in [0.3, 0.4) is 0 Å². The van der Waals surface area contributed by atoms with Crippen LogP contribution in [0.4, 0.5) is 0 Å². The SMILES string of the molecule is CCCCNC(=O)c1ccc2c(c1)nc(COc1ccc3ccccc3c1)n2Cc1ccc(Oc2ccccc2)cc1. The third-order valence-corrected chi connectivity index (χ3v) is 7.24. The quantitative estimate of drug-likeness (QED) is 0.164. The third kappa shape index (κ3) is 6.28. The van der Waals surface area contributed by atoms with Gasteiger partial charge in [-0.05, 0) is 77.4 Å². The van der Waals surface area contributed by atoms with E-state index in [4.69, 9.17) is 14.5 Å². The van der Waals surface area contributed by atoms with Crippen LogP contribution in [-0.2, 0) is 13.2 Å². The second-order valence-corrected chi connectivity index (χ2v) is 10.3. The molecule has 1 amide bonds. The fraction of sp³-hybridized carbons (Fsp3) is 0.167. The Morgan fingerprint density at radius 2 is 1.52 bits per heavy atom. The van der Waals surface area contributed by atoms with Gasteiger partial charge in [-0.1, -0.05) is 74.0 Å². The van der Waals surface area contributed by atoms with Crippen molar-refractivity contribution in [3.63, 3.8) is 0 Å². The average Bonchev–Trinajstić information content (AvgIpc) is 3.37. The van der Waals surface area contributed by atoms with E-state index in [-0.39, 0.29) is 5.91 Å². The number of amides is 1. The van der Waals surface area contributed by atoms with Crippen molar-refractivity contribution in [2.24, 2.45) is 0 Å². The smallest absolute Gasteiger partial charge is 0.251 e. The molecule has 0 bridgehead atoms. The summed E-state index contributed by atoms with van der Waals surface area (Å²) in [6.07, 6.45) is 1.98. The normalized spacial score (nSPS) is 11.1. The molecule has 0 aliphatic carbocycles. The molecule has 210 valence electrons. The summed E-state index contributed by atoms with van der Waals surface area (Å²) in [7, 11) is 0. The molecular formula is C36H33N3O3. The summed E-state index contributed by atoms with van der Waals surface area (Å²) in [6.45, 7) is 3.66. The summed E-state index contributed by atoms with van der Waals surface area (Å²) in [6, 6.07) is 37.9. The van der Waals surface area contributed by atoms with Crippen LogP contribution in [0.1, 0.15) is 41.5 Å². The Morgan fingerprint density at radius 1 is 0.786 bits per heavy atom. The first-order chi connectivity index (χ1) is 20.7. The van der Waals surface area contributed by atoms with Gasteiger partial charge in [0.05, 0.1) is 11.0 Å². The van der Waals surface area contributed by atoms with Crippen LogP contribution in [0, 0.1) is 0 Å². The van der Waals surface area contributed by atoms with Gasteiger partial charge >= 0.3 is 0 Å². The number of nitrogens with one attached hydrogen (secondary N) is 1. The van der Waals surface area contributed by atoms with Crippen molar-refractivity contribution in [2.45, 2.75) is 32.9 Å². The van der Waals surface area contributed by atoms with Crippen molar-refractivity contribution in [3.8, 4) is 17.2 Å². The summed E-state index contributed by atoms with van der Waals surface area (Å²) in [5.74, 6) is 3.06. The van der Waals surface area contributed by atoms with Crippen LogP contribution in [-0.4, -0.2) is 22.0 Å². The van der Waals surface area contributed by atoms with Gasteiger partial charge in [-0.15, -0.1) is 0 Å². The third-order valence-electron chi connectivity index (χ3n) is 7.24. The zero-order chi connectivity index (χ0) is 28.7. The minimum absolute atomic E-state index is 0.0807. The number of nitrogens with zero attached hydrogens (tertiary/aromatic N) is 2. The Balaban J connectivity index is 1.27. The highest BCUT2D eigenvalue weighted by molar-refractivity contribution is 5.97. The topological polar surface area (TPSA) is 65.4 Å². The van der Waals surface area contributed by atoms with Crippen LogP contribution >= 0.6 is 0 Å². The molecule has 0 fully saturated rings. The average molecular weight is 556 g/mol. The second kappa shape index (κ2) is 12.6. The van der Waals surface area contributed by atoms with Gasteiger partial charge in [-0.25, -0.2) is 4.98 Å². The molecule has 1 N–H and O–H groups in total. The van der Waals surface area contributed by atoms with Gasteiger partial charge < -0.3 is 19.4 Å². The van der Waals surface area contributed by atoms with E-state index in [2.05, 4.69) is 47.1 Å². The first kappa shape index (κ1) is 27.1. The number of benzene rings is 5. The molecule has 0 saturated carbocycles. The van der Waals surface area contributed by atoms with E-state index in [1.54, 1.807) is 0 Å². The van der Waals surface area contributed by atoms with Crippen molar-refractivity contribution in [1.29, 1.82) is 0 Å². The number of rotatable bonds is 11. The maximum Gasteiger partial charge on any atom is 0.251 e. The fourth-order valence-corrected chi connectivity index (χ4v) is 4.96. The lowest BCUT2D eigenvalue weighted by Gasteiger charge is -2.12. The molecule has 0 unspecified atom stereocenters. The lowest BCUT2D eigenvalue weighted by molar-refractivity contribution is 0.0953. The van der Waals surface area contributed by atoms with Crippen molar-refractivity contribution < 1.29 is 14.3 Å². The zero-order valence-electron chi connectivity index (χ0n) is 23.6. The highest BCUT2D eigenvalue weighted by Crippen LogP contribution is 2.26. The van der Waals surface area contributed by atoms with Gasteiger partial charge in [0.2, 0.25) is 0 Å². The van der Waals surface area contributed by atoms with Gasteiger partial charge in [0.1, 0.15) is 29.7 Å². The van der Waals surface area contributed by atoms with Gasteiger partial charge in [0.25, 0.3) is 5.91 Å². The van der Waals surface area contributed by atoms with E-state index in [0.29, 0.717) is 25.3 Å². The maximum atomic E-state index is 12.7. The Hall–Kier alpha value is -5.10. The summed E-state index contributed by atoms with van der Waals surface area (Å²) < 4.78 is 14.4. The molecule has 6 aromatic rings. The van der Waals surface area contributed by atoms with Crippen LogP contribution in [0.15, 0.2) is 115 Å². The van der Waals surface area contributed by atoms with E-state index >= 15 is 0 Å². The van der Waals surface area contributed by atoms with E-state index in [9.17, 15) is 4.79 Å². The summed E-state index contributed by atoms with van der Waals surface area (Å²) in [5.41, 5.74) is 3.41. The molecular weight excluding hydrogens is 522 g/mol. The predicted molar refractivity (Wildman–Crippen MR) is 167 cm³/mol. The number of imidazole rings is 1. The van der Waals surface area contributed by atoms with Gasteiger partial charge in [-0.2, -0.15) is 0 Å². The predicted octanol–water partition coefficient (Wildman–Crippen LogP) is 8.14. The number of carbonyl (C=O) groups excluding carboxylic acids is 1. The molecule has 0 spiro atoms. The highest BCUT2D eigenvalue weighted by Gasteiger charge is 2.15. The number of hydrogen-bond donors (Lipinski definition) is 1. The Bertz CT molecular complexity index is 1810. The molecule has 6 nitrogen and oxygen atoms in total. The molecule has 0 atom stereocenters.